The summed E-state index contributed by atoms with van der Waals surface area (Å²) in [6.45, 7) is 2.21. The molecule has 0 spiro atoms. The topological polar surface area (TPSA) is 114 Å². The van der Waals surface area contributed by atoms with Crippen molar-refractivity contribution in [3.63, 3.8) is 0 Å². The summed E-state index contributed by atoms with van der Waals surface area (Å²) in [7, 11) is -2.41. The quantitative estimate of drug-likeness (QED) is 0.698. The van der Waals surface area contributed by atoms with Crippen molar-refractivity contribution in [2.24, 2.45) is 11.7 Å². The Morgan fingerprint density at radius 3 is 2.57 bits per heavy atom. The third-order valence-corrected chi connectivity index (χ3v) is 4.93. The van der Waals surface area contributed by atoms with Gasteiger partial charge >= 0.3 is 0 Å². The van der Waals surface area contributed by atoms with Crippen LogP contribution in [0.2, 0.25) is 0 Å². The zero-order valence-electron chi connectivity index (χ0n) is 11.9. The predicted molar refractivity (Wildman–Crippen MR) is 79.9 cm³/mol. The highest BCUT2D eigenvalue weighted by atomic mass is 35.5. The van der Waals surface area contributed by atoms with E-state index in [1.807, 2.05) is 6.92 Å². The monoisotopic (exact) mass is 337 g/mol. The van der Waals surface area contributed by atoms with Gasteiger partial charge in [0.25, 0.3) is 15.9 Å². The van der Waals surface area contributed by atoms with Gasteiger partial charge in [-0.25, -0.2) is 13.1 Å². The molecule has 1 fully saturated rings. The van der Waals surface area contributed by atoms with Gasteiger partial charge in [-0.05, 0) is 44.9 Å². The summed E-state index contributed by atoms with van der Waals surface area (Å²) in [5.41, 5.74) is 5.24. The van der Waals surface area contributed by atoms with E-state index < -0.39 is 21.5 Å². The molecule has 4 N–H and O–H groups in total. The molecule has 1 amide bonds. The Balaban J connectivity index is 0.00000220. The van der Waals surface area contributed by atoms with Gasteiger partial charge in [0.1, 0.15) is 0 Å². The standard InChI is InChI=1S/C12H19N3O4S.ClH/c1-12(7-13,8-3-4-8)15-11(16)9-5-6-10(19-9)20(17,18)14-2;/h5-6,8,14H,3-4,7,13H2,1-2H3,(H,15,16);1H. The minimum Gasteiger partial charge on any atom is -0.438 e. The summed E-state index contributed by atoms with van der Waals surface area (Å²) >= 11 is 0. The lowest BCUT2D eigenvalue weighted by molar-refractivity contribution is 0.0863. The van der Waals surface area contributed by atoms with Gasteiger partial charge < -0.3 is 15.5 Å². The van der Waals surface area contributed by atoms with Crippen LogP contribution in [0.25, 0.3) is 0 Å². The number of halogens is 1. The number of furan rings is 1. The summed E-state index contributed by atoms with van der Waals surface area (Å²) in [6, 6.07) is 2.58. The zero-order chi connectivity index (χ0) is 15.0. The maximum absolute atomic E-state index is 12.1. The van der Waals surface area contributed by atoms with Crippen molar-refractivity contribution in [3.05, 3.63) is 17.9 Å². The van der Waals surface area contributed by atoms with Crippen molar-refractivity contribution in [3.8, 4) is 0 Å². The van der Waals surface area contributed by atoms with E-state index in [1.54, 1.807) is 0 Å². The van der Waals surface area contributed by atoms with Gasteiger partial charge in [-0.3, -0.25) is 4.79 Å². The summed E-state index contributed by atoms with van der Waals surface area (Å²) in [6.07, 6.45) is 2.07. The molecular formula is C12H20ClN3O4S. The lowest BCUT2D eigenvalue weighted by Gasteiger charge is -2.28. The number of hydrogen-bond donors (Lipinski definition) is 3. The molecule has 0 bridgehead atoms. The van der Waals surface area contributed by atoms with E-state index >= 15 is 0 Å². The van der Waals surface area contributed by atoms with Crippen LogP contribution in [0.1, 0.15) is 30.3 Å². The van der Waals surface area contributed by atoms with Gasteiger partial charge in [-0.1, -0.05) is 0 Å². The summed E-state index contributed by atoms with van der Waals surface area (Å²) in [5, 5.41) is 2.55. The smallest absolute Gasteiger partial charge is 0.287 e. The Morgan fingerprint density at radius 2 is 2.10 bits per heavy atom. The van der Waals surface area contributed by atoms with E-state index in [2.05, 4.69) is 10.0 Å². The van der Waals surface area contributed by atoms with Gasteiger partial charge in [-0.15, -0.1) is 12.4 Å². The SMILES string of the molecule is CNS(=O)(=O)c1ccc(C(=O)NC(C)(CN)C2CC2)o1.Cl. The number of hydrogen-bond acceptors (Lipinski definition) is 5. The molecule has 1 aliphatic carbocycles. The fourth-order valence-electron chi connectivity index (χ4n) is 2.05. The van der Waals surface area contributed by atoms with Crippen LogP contribution in [0.15, 0.2) is 21.6 Å². The van der Waals surface area contributed by atoms with Crippen LogP contribution >= 0.6 is 12.4 Å². The number of carbonyl (C=O) groups is 1. The molecule has 1 aliphatic rings. The molecule has 1 saturated carbocycles. The van der Waals surface area contributed by atoms with E-state index in [4.69, 9.17) is 10.2 Å². The highest BCUT2D eigenvalue weighted by Gasteiger charge is 2.42. The average Bonchev–Trinajstić information content (AvgIpc) is 3.15. The molecule has 9 heteroatoms. The summed E-state index contributed by atoms with van der Waals surface area (Å²) < 4.78 is 30.3. The highest BCUT2D eigenvalue weighted by molar-refractivity contribution is 7.89. The second-order valence-corrected chi connectivity index (χ2v) is 6.99. The number of nitrogens with one attached hydrogen (secondary N) is 2. The fraction of sp³-hybridized carbons (Fsp3) is 0.583. The summed E-state index contributed by atoms with van der Waals surface area (Å²) in [5.74, 6) is -0.131. The molecule has 21 heavy (non-hydrogen) atoms. The lowest BCUT2D eigenvalue weighted by Crippen LogP contribution is -2.53. The second-order valence-electron chi connectivity index (χ2n) is 5.18. The van der Waals surface area contributed by atoms with Crippen molar-refractivity contribution in [1.29, 1.82) is 0 Å². The molecule has 7 nitrogen and oxygen atoms in total. The normalized spacial score (nSPS) is 17.7. The first-order valence-corrected chi connectivity index (χ1v) is 7.86. The van der Waals surface area contributed by atoms with Gasteiger partial charge in [0.2, 0.25) is 5.09 Å². The van der Waals surface area contributed by atoms with Crippen LogP contribution in [0.4, 0.5) is 0 Å². The maximum atomic E-state index is 12.1. The molecule has 1 heterocycles. The molecule has 1 atom stereocenters. The van der Waals surface area contributed by atoms with Crippen molar-refractivity contribution < 1.29 is 17.6 Å². The summed E-state index contributed by atoms with van der Waals surface area (Å²) in [4.78, 5) is 12.1. The van der Waals surface area contributed by atoms with Crippen molar-refractivity contribution in [2.45, 2.75) is 30.4 Å². The van der Waals surface area contributed by atoms with Gasteiger partial charge in [-0.2, -0.15) is 0 Å². The van der Waals surface area contributed by atoms with Crippen LogP contribution in [0, 0.1) is 5.92 Å². The van der Waals surface area contributed by atoms with Crippen LogP contribution in [0.3, 0.4) is 0 Å². The molecule has 1 unspecified atom stereocenters. The minimum atomic E-state index is -3.69. The first-order valence-electron chi connectivity index (χ1n) is 6.38. The van der Waals surface area contributed by atoms with E-state index in [0.717, 1.165) is 12.8 Å². The Labute approximate surface area is 130 Å². The maximum Gasteiger partial charge on any atom is 0.287 e. The van der Waals surface area contributed by atoms with Crippen molar-refractivity contribution in [2.75, 3.05) is 13.6 Å². The third-order valence-electron chi connectivity index (χ3n) is 3.64. The minimum absolute atomic E-state index is 0. The third kappa shape index (κ3) is 3.76. The molecule has 0 aromatic carbocycles. The Kier molecular flexibility index (Phi) is 5.43. The van der Waals surface area contributed by atoms with E-state index in [0.29, 0.717) is 12.5 Å². The molecule has 0 saturated heterocycles. The zero-order valence-corrected chi connectivity index (χ0v) is 13.5. The van der Waals surface area contributed by atoms with Gasteiger partial charge in [0, 0.05) is 6.54 Å². The number of amides is 1. The lowest BCUT2D eigenvalue weighted by atomic mass is 9.96. The first kappa shape index (κ1) is 18.0. The highest BCUT2D eigenvalue weighted by Crippen LogP contribution is 2.39. The Hall–Kier alpha value is -1.09. The molecule has 0 aliphatic heterocycles. The molecule has 1 aromatic rings. The first-order chi connectivity index (χ1) is 9.32. The molecule has 0 radical (unpaired) electrons. The van der Waals surface area contributed by atoms with Gasteiger partial charge in [0.15, 0.2) is 5.76 Å². The molecular weight excluding hydrogens is 318 g/mol. The predicted octanol–water partition coefficient (Wildman–Crippen LogP) is 0.467. The number of carbonyl (C=O) groups excluding carboxylic acids is 1. The Bertz CT molecular complexity index is 612. The van der Waals surface area contributed by atoms with E-state index in [1.165, 1.54) is 19.2 Å². The van der Waals surface area contributed by atoms with E-state index in [9.17, 15) is 13.2 Å². The number of sulfonamides is 1. The second kappa shape index (κ2) is 6.35. The number of rotatable bonds is 6. The van der Waals surface area contributed by atoms with Crippen LogP contribution in [-0.2, 0) is 10.0 Å². The average molecular weight is 338 g/mol. The molecule has 2 rings (SSSR count). The van der Waals surface area contributed by atoms with Crippen molar-refractivity contribution in [1.82, 2.24) is 10.0 Å². The van der Waals surface area contributed by atoms with Gasteiger partial charge in [0.05, 0.1) is 5.54 Å². The van der Waals surface area contributed by atoms with Crippen LogP contribution < -0.4 is 15.8 Å². The molecule has 1 aromatic heterocycles. The van der Waals surface area contributed by atoms with E-state index in [-0.39, 0.29) is 23.3 Å². The van der Waals surface area contributed by atoms with Crippen LogP contribution in [0.5, 0.6) is 0 Å². The van der Waals surface area contributed by atoms with Crippen molar-refractivity contribution >= 4 is 28.3 Å². The van der Waals surface area contributed by atoms with Crippen LogP contribution in [-0.4, -0.2) is 33.5 Å². The number of nitrogens with two attached hydrogens (primary N) is 1. The Morgan fingerprint density at radius 1 is 1.48 bits per heavy atom. The molecule has 120 valence electrons. The fourth-order valence-corrected chi connectivity index (χ4v) is 2.70. The largest absolute Gasteiger partial charge is 0.438 e.